The summed E-state index contributed by atoms with van der Waals surface area (Å²) in [6.07, 6.45) is 5.64. The quantitative estimate of drug-likeness (QED) is 0.457. The summed E-state index contributed by atoms with van der Waals surface area (Å²) in [5.74, 6) is -1.42. The molecule has 0 heterocycles. The lowest BCUT2D eigenvalue weighted by Crippen LogP contribution is -2.22. The Morgan fingerprint density at radius 2 is 1.53 bits per heavy atom. The predicted octanol–water partition coefficient (Wildman–Crippen LogP) is 2.82. The Kier molecular flexibility index (Phi) is 9.15. The van der Waals surface area contributed by atoms with Crippen molar-refractivity contribution >= 4 is 24.1 Å². The zero-order valence-corrected chi connectivity index (χ0v) is 16.6. The molecule has 0 saturated heterocycles. The van der Waals surface area contributed by atoms with Gasteiger partial charge >= 0.3 is 11.9 Å². The molecule has 0 bridgehead atoms. The molecule has 0 radical (unpaired) electrons. The number of aliphatic hydroxyl groups is 1. The van der Waals surface area contributed by atoms with Crippen LogP contribution in [0.15, 0.2) is 60.7 Å². The van der Waals surface area contributed by atoms with Gasteiger partial charge in [0.1, 0.15) is 0 Å². The minimum atomic E-state index is -0.615. The van der Waals surface area contributed by atoms with Crippen molar-refractivity contribution in [1.82, 2.24) is 0 Å². The minimum absolute atomic E-state index is 0.00354. The first-order valence-electron chi connectivity index (χ1n) is 9.24. The number of hydrogen-bond donors (Lipinski definition) is 2. The van der Waals surface area contributed by atoms with Crippen LogP contribution in [0.1, 0.15) is 11.1 Å². The molecule has 0 spiro atoms. The van der Waals surface area contributed by atoms with Crippen LogP contribution < -0.4 is 4.74 Å². The Hall–Kier alpha value is -3.58. The largest absolute Gasteiger partial charge is 0.504 e. The van der Waals surface area contributed by atoms with Gasteiger partial charge in [-0.1, -0.05) is 36.4 Å². The van der Waals surface area contributed by atoms with E-state index in [2.05, 4.69) is 0 Å². The van der Waals surface area contributed by atoms with Gasteiger partial charge in [-0.15, -0.1) is 0 Å². The van der Waals surface area contributed by atoms with E-state index in [-0.39, 0.29) is 31.3 Å². The van der Waals surface area contributed by atoms with Crippen LogP contribution in [-0.2, 0) is 19.1 Å². The van der Waals surface area contributed by atoms with Crippen LogP contribution in [0.5, 0.6) is 11.5 Å². The molecule has 0 saturated carbocycles. The summed E-state index contributed by atoms with van der Waals surface area (Å²) in [5.41, 5.74) is 1.50. The van der Waals surface area contributed by atoms with Crippen molar-refractivity contribution in [2.24, 2.45) is 5.92 Å². The highest BCUT2D eigenvalue weighted by molar-refractivity contribution is 5.87. The summed E-state index contributed by atoms with van der Waals surface area (Å²) in [4.78, 5) is 23.6. The zero-order valence-electron chi connectivity index (χ0n) is 16.6. The van der Waals surface area contributed by atoms with E-state index in [1.807, 2.05) is 30.3 Å². The fraction of sp³-hybridized carbons (Fsp3) is 0.217. The highest BCUT2D eigenvalue weighted by Crippen LogP contribution is 2.26. The Bertz CT molecular complexity index is 888. The topological polar surface area (TPSA) is 102 Å². The van der Waals surface area contributed by atoms with Gasteiger partial charge < -0.3 is 24.4 Å². The van der Waals surface area contributed by atoms with Gasteiger partial charge in [-0.2, -0.15) is 0 Å². The fourth-order valence-corrected chi connectivity index (χ4v) is 2.34. The van der Waals surface area contributed by atoms with Gasteiger partial charge in [0.05, 0.1) is 32.8 Å². The second-order valence-electron chi connectivity index (χ2n) is 6.32. The van der Waals surface area contributed by atoms with Gasteiger partial charge in [-0.25, -0.2) is 9.59 Å². The van der Waals surface area contributed by atoms with Gasteiger partial charge in [0.15, 0.2) is 11.5 Å². The van der Waals surface area contributed by atoms with E-state index in [1.165, 1.54) is 31.4 Å². The van der Waals surface area contributed by atoms with E-state index in [0.29, 0.717) is 5.56 Å². The lowest BCUT2D eigenvalue weighted by molar-refractivity contribution is -0.143. The maximum atomic E-state index is 11.9. The van der Waals surface area contributed by atoms with E-state index >= 15 is 0 Å². The second-order valence-corrected chi connectivity index (χ2v) is 6.32. The monoisotopic (exact) mass is 412 g/mol. The molecule has 7 nitrogen and oxygen atoms in total. The number of aliphatic hydroxyl groups excluding tert-OH is 1. The molecule has 7 heteroatoms. The van der Waals surface area contributed by atoms with Crippen LogP contribution in [0.3, 0.4) is 0 Å². The highest BCUT2D eigenvalue weighted by Gasteiger charge is 2.12. The first kappa shape index (κ1) is 22.7. The van der Waals surface area contributed by atoms with Crippen LogP contribution in [-0.4, -0.2) is 49.1 Å². The number of ether oxygens (including phenoxy) is 3. The van der Waals surface area contributed by atoms with E-state index in [1.54, 1.807) is 18.2 Å². The van der Waals surface area contributed by atoms with Crippen molar-refractivity contribution < 1.29 is 34.0 Å². The molecule has 0 amide bonds. The Balaban J connectivity index is 1.76. The third-order valence-corrected chi connectivity index (χ3v) is 4.01. The number of phenolic OH excluding ortho intramolecular Hbond substituents is 1. The summed E-state index contributed by atoms with van der Waals surface area (Å²) in [5, 5.41) is 19.0. The third-order valence-electron chi connectivity index (χ3n) is 4.01. The van der Waals surface area contributed by atoms with Crippen LogP contribution in [0.4, 0.5) is 0 Å². The molecule has 0 aliphatic heterocycles. The highest BCUT2D eigenvalue weighted by atomic mass is 16.5. The number of aromatic hydroxyl groups is 1. The van der Waals surface area contributed by atoms with Gasteiger partial charge in [-0.05, 0) is 35.4 Å². The number of esters is 2. The smallest absolute Gasteiger partial charge is 0.330 e. The van der Waals surface area contributed by atoms with Crippen molar-refractivity contribution in [3.63, 3.8) is 0 Å². The molecule has 1 unspecified atom stereocenters. The summed E-state index contributed by atoms with van der Waals surface area (Å²) >= 11 is 0. The molecule has 0 aromatic heterocycles. The average molecular weight is 412 g/mol. The number of rotatable bonds is 10. The molecule has 30 heavy (non-hydrogen) atoms. The van der Waals surface area contributed by atoms with Crippen molar-refractivity contribution in [2.45, 2.75) is 0 Å². The molecule has 0 fully saturated rings. The van der Waals surface area contributed by atoms with Crippen molar-refractivity contribution in [3.8, 4) is 11.5 Å². The van der Waals surface area contributed by atoms with Crippen LogP contribution in [0.25, 0.3) is 12.2 Å². The number of benzene rings is 2. The molecular formula is C23H24O7. The summed E-state index contributed by atoms with van der Waals surface area (Å²) in [7, 11) is 1.43. The van der Waals surface area contributed by atoms with Gasteiger partial charge in [0, 0.05) is 12.2 Å². The van der Waals surface area contributed by atoms with Crippen LogP contribution >= 0.6 is 0 Å². The molecular weight excluding hydrogens is 388 g/mol. The van der Waals surface area contributed by atoms with Crippen LogP contribution in [0, 0.1) is 5.92 Å². The minimum Gasteiger partial charge on any atom is -0.504 e. The predicted molar refractivity (Wildman–Crippen MR) is 112 cm³/mol. The number of methoxy groups -OCH3 is 1. The van der Waals surface area contributed by atoms with Crippen molar-refractivity contribution in [2.75, 3.05) is 26.9 Å². The summed E-state index contributed by atoms with van der Waals surface area (Å²) in [6.45, 7) is -0.489. The van der Waals surface area contributed by atoms with E-state index in [9.17, 15) is 19.8 Å². The number of carbonyl (C=O) groups is 2. The van der Waals surface area contributed by atoms with Gasteiger partial charge in [0.2, 0.25) is 0 Å². The Morgan fingerprint density at radius 1 is 0.933 bits per heavy atom. The van der Waals surface area contributed by atoms with Crippen LogP contribution in [0.2, 0.25) is 0 Å². The number of carbonyl (C=O) groups excluding carboxylic acids is 2. The third kappa shape index (κ3) is 7.81. The van der Waals surface area contributed by atoms with E-state index in [0.717, 1.165) is 5.56 Å². The Labute approximate surface area is 174 Å². The maximum absolute atomic E-state index is 11.9. The lowest BCUT2D eigenvalue weighted by atomic mass is 10.2. The van der Waals surface area contributed by atoms with E-state index < -0.39 is 17.9 Å². The first-order chi connectivity index (χ1) is 14.5. The summed E-state index contributed by atoms with van der Waals surface area (Å²) in [6, 6.07) is 13.9. The molecule has 158 valence electrons. The molecule has 2 rings (SSSR count). The fourth-order valence-electron chi connectivity index (χ4n) is 2.34. The normalized spacial score (nSPS) is 12.1. The van der Waals surface area contributed by atoms with E-state index in [4.69, 9.17) is 14.2 Å². The molecule has 2 aromatic carbocycles. The van der Waals surface area contributed by atoms with Gasteiger partial charge in [0.25, 0.3) is 0 Å². The molecule has 2 aromatic rings. The zero-order chi connectivity index (χ0) is 21.8. The first-order valence-corrected chi connectivity index (χ1v) is 9.24. The SMILES string of the molecule is COc1cc(/C=C/C(=O)OCC(CO)COC(=O)/C=C/c2ccccc2)ccc1O. The summed E-state index contributed by atoms with van der Waals surface area (Å²) < 4.78 is 15.2. The number of hydrogen-bond acceptors (Lipinski definition) is 7. The standard InChI is InChI=1S/C23H24O7/c1-28-21-13-18(7-10-20(21)25)9-12-23(27)30-16-19(14-24)15-29-22(26)11-8-17-5-3-2-4-6-17/h2-13,19,24-25H,14-16H2,1H3/b11-8+,12-9+. The number of phenols is 1. The molecule has 1 atom stereocenters. The molecule has 0 aliphatic carbocycles. The average Bonchev–Trinajstić information content (AvgIpc) is 2.77. The maximum Gasteiger partial charge on any atom is 0.330 e. The molecule has 2 N–H and O–H groups in total. The van der Waals surface area contributed by atoms with Crippen molar-refractivity contribution in [3.05, 3.63) is 71.8 Å². The lowest BCUT2D eigenvalue weighted by Gasteiger charge is -2.13. The Morgan fingerprint density at radius 3 is 2.10 bits per heavy atom. The van der Waals surface area contributed by atoms with Crippen molar-refractivity contribution in [1.29, 1.82) is 0 Å². The molecule has 0 aliphatic rings. The van der Waals surface area contributed by atoms with Gasteiger partial charge in [-0.3, -0.25) is 0 Å². The second kappa shape index (κ2) is 12.1.